The molecule has 1 fully saturated rings. The zero-order valence-corrected chi connectivity index (χ0v) is 19.4. The van der Waals surface area contributed by atoms with Crippen LogP contribution in [0.25, 0.3) is 6.08 Å². The lowest BCUT2D eigenvalue weighted by Gasteiger charge is -2.32. The minimum absolute atomic E-state index is 0.185. The first-order valence-electron chi connectivity index (χ1n) is 10.6. The molecule has 30 heavy (non-hydrogen) atoms. The highest BCUT2D eigenvalue weighted by atomic mass is 16.7. The quantitative estimate of drug-likeness (QED) is 0.652. The largest absolute Gasteiger partial charge is 0.492 e. The second kappa shape index (κ2) is 9.54. The lowest BCUT2D eigenvalue weighted by atomic mass is 9.77. The summed E-state index contributed by atoms with van der Waals surface area (Å²) in [6, 6.07) is 8.13. The van der Waals surface area contributed by atoms with E-state index in [1.54, 1.807) is 0 Å². The van der Waals surface area contributed by atoms with Gasteiger partial charge in [-0.15, -0.1) is 0 Å². The van der Waals surface area contributed by atoms with Crippen molar-refractivity contribution in [2.24, 2.45) is 0 Å². The van der Waals surface area contributed by atoms with Crippen LogP contribution in [-0.2, 0) is 20.5 Å². The summed E-state index contributed by atoms with van der Waals surface area (Å²) < 4.78 is 17.8. The van der Waals surface area contributed by atoms with Crippen molar-refractivity contribution >= 4 is 19.3 Å². The Morgan fingerprint density at radius 2 is 1.70 bits per heavy atom. The van der Waals surface area contributed by atoms with E-state index in [-0.39, 0.29) is 13.2 Å². The van der Waals surface area contributed by atoms with Gasteiger partial charge in [0.1, 0.15) is 5.60 Å². The molecule has 166 valence electrons. The number of hydrogen-bond donors (Lipinski definition) is 2. The molecular formula is C23H36BNO5. The highest BCUT2D eigenvalue weighted by molar-refractivity contribution is 6.56. The smallest absolute Gasteiger partial charge is 0.444 e. The third kappa shape index (κ3) is 6.86. The van der Waals surface area contributed by atoms with Crippen molar-refractivity contribution < 1.29 is 23.9 Å². The van der Waals surface area contributed by atoms with Crippen molar-refractivity contribution in [1.82, 2.24) is 5.32 Å². The van der Waals surface area contributed by atoms with Gasteiger partial charge in [0.2, 0.25) is 0 Å². The first-order chi connectivity index (χ1) is 13.8. The van der Waals surface area contributed by atoms with Gasteiger partial charge in [-0.25, -0.2) is 4.79 Å². The van der Waals surface area contributed by atoms with E-state index >= 15 is 0 Å². The number of carbonyl (C=O) groups is 1. The molecule has 1 heterocycles. The van der Waals surface area contributed by atoms with Crippen molar-refractivity contribution in [2.75, 3.05) is 13.2 Å². The van der Waals surface area contributed by atoms with Crippen LogP contribution >= 0.6 is 0 Å². The van der Waals surface area contributed by atoms with Crippen molar-refractivity contribution in [1.29, 1.82) is 0 Å². The Hall–Kier alpha value is -1.83. The summed E-state index contributed by atoms with van der Waals surface area (Å²) in [5.41, 5.74) is 1.45. The Morgan fingerprint density at radius 1 is 1.13 bits per heavy atom. The van der Waals surface area contributed by atoms with Crippen molar-refractivity contribution in [3.63, 3.8) is 0 Å². The molecule has 2 N–H and O–H groups in total. The number of nitrogens with one attached hydrogen (secondary N) is 1. The maximum absolute atomic E-state index is 12.2. The fraction of sp³-hybridized carbons (Fsp3) is 0.609. The summed E-state index contributed by atoms with van der Waals surface area (Å²) in [7, 11) is -0.570. The maximum Gasteiger partial charge on any atom is 0.492 e. The lowest BCUT2D eigenvalue weighted by molar-refractivity contribution is 0.00578. The number of benzene rings is 1. The Balaban J connectivity index is 2.20. The van der Waals surface area contributed by atoms with Crippen LogP contribution in [0, 0.1) is 0 Å². The molecule has 6 nitrogen and oxygen atoms in total. The van der Waals surface area contributed by atoms with E-state index in [2.05, 4.69) is 5.32 Å². The van der Waals surface area contributed by atoms with Crippen LogP contribution in [0.2, 0.25) is 0 Å². The Kier molecular flexibility index (Phi) is 7.77. The first kappa shape index (κ1) is 24.4. The molecule has 7 heteroatoms. The molecule has 0 unspecified atom stereocenters. The molecule has 0 radical (unpaired) electrons. The van der Waals surface area contributed by atoms with E-state index in [1.165, 1.54) is 5.56 Å². The van der Waals surface area contributed by atoms with Gasteiger partial charge in [0.25, 0.3) is 0 Å². The van der Waals surface area contributed by atoms with E-state index in [0.29, 0.717) is 0 Å². The SMILES string of the molecule is CC(C)(C)OC(=O)NCC(=Cc1ccc(CCCO)cc1)B1OC(C)(C)C(C)(C)O1. The second-order valence-electron chi connectivity index (χ2n) is 9.73. The van der Waals surface area contributed by atoms with Crippen LogP contribution in [0.15, 0.2) is 29.7 Å². The molecule has 1 saturated heterocycles. The summed E-state index contributed by atoms with van der Waals surface area (Å²) in [4.78, 5) is 12.2. The van der Waals surface area contributed by atoms with Crippen LogP contribution in [0.3, 0.4) is 0 Å². The molecule has 0 aliphatic carbocycles. The van der Waals surface area contributed by atoms with Gasteiger partial charge in [-0.05, 0) is 77.9 Å². The first-order valence-corrected chi connectivity index (χ1v) is 10.6. The summed E-state index contributed by atoms with van der Waals surface area (Å²) in [5.74, 6) is 0. The van der Waals surface area contributed by atoms with Gasteiger partial charge in [-0.1, -0.05) is 30.3 Å². The number of aryl methyl sites for hydroxylation is 1. The number of alkyl carbamates (subject to hydrolysis) is 1. The number of aliphatic hydroxyl groups excluding tert-OH is 1. The van der Waals surface area contributed by atoms with Crippen molar-refractivity contribution in [2.45, 2.75) is 78.1 Å². The summed E-state index contributed by atoms with van der Waals surface area (Å²) in [5, 5.41) is 11.8. The number of amides is 1. The highest BCUT2D eigenvalue weighted by Crippen LogP contribution is 2.38. The number of carbonyl (C=O) groups excluding carboxylic acids is 1. The van der Waals surface area contributed by atoms with Crippen LogP contribution in [0.5, 0.6) is 0 Å². The summed E-state index contributed by atoms with van der Waals surface area (Å²) >= 11 is 0. The van der Waals surface area contributed by atoms with E-state index < -0.39 is 30.0 Å². The van der Waals surface area contributed by atoms with Crippen LogP contribution in [0.1, 0.15) is 66.0 Å². The fourth-order valence-electron chi connectivity index (χ4n) is 2.96. The minimum atomic E-state index is -0.570. The molecular weight excluding hydrogens is 381 g/mol. The standard InChI is InChI=1S/C23H36BNO5/c1-21(2,3)28-20(27)25-16-19(24-29-22(4,5)23(6,7)30-24)15-18-12-10-17(11-13-18)9-8-14-26/h10-13,15,26H,8-9,14,16H2,1-7H3,(H,25,27). The van der Waals surface area contributed by atoms with Crippen LogP contribution in [0.4, 0.5) is 4.79 Å². The van der Waals surface area contributed by atoms with Crippen molar-refractivity contribution in [3.05, 3.63) is 40.9 Å². The molecule has 1 amide bonds. The summed E-state index contributed by atoms with van der Waals surface area (Å²) in [6.07, 6.45) is 3.08. The van der Waals surface area contributed by atoms with Crippen LogP contribution in [-0.4, -0.2) is 48.3 Å². The molecule has 1 aliphatic rings. The molecule has 0 aromatic heterocycles. The van der Waals surface area contributed by atoms with Gasteiger partial charge in [-0.2, -0.15) is 0 Å². The number of hydrogen-bond acceptors (Lipinski definition) is 5. The summed E-state index contributed by atoms with van der Waals surface area (Å²) in [6.45, 7) is 13.9. The molecule has 0 saturated carbocycles. The average molecular weight is 417 g/mol. The zero-order valence-electron chi connectivity index (χ0n) is 19.4. The van der Waals surface area contributed by atoms with Gasteiger partial charge in [-0.3, -0.25) is 0 Å². The normalized spacial score (nSPS) is 18.4. The molecule has 1 aromatic carbocycles. The number of rotatable bonds is 7. The molecule has 0 atom stereocenters. The van der Waals surface area contributed by atoms with Gasteiger partial charge >= 0.3 is 13.2 Å². The van der Waals surface area contributed by atoms with E-state index in [0.717, 1.165) is 23.9 Å². The van der Waals surface area contributed by atoms with Crippen molar-refractivity contribution in [3.8, 4) is 0 Å². The predicted molar refractivity (Wildman–Crippen MR) is 120 cm³/mol. The van der Waals surface area contributed by atoms with Crippen LogP contribution < -0.4 is 5.32 Å². The molecule has 1 aliphatic heterocycles. The second-order valence-corrected chi connectivity index (χ2v) is 9.73. The topological polar surface area (TPSA) is 77.0 Å². The van der Waals surface area contributed by atoms with Gasteiger partial charge in [0, 0.05) is 13.2 Å². The lowest BCUT2D eigenvalue weighted by Crippen LogP contribution is -2.41. The van der Waals surface area contributed by atoms with E-state index in [1.807, 2.05) is 78.8 Å². The fourth-order valence-corrected chi connectivity index (χ4v) is 2.96. The monoisotopic (exact) mass is 417 g/mol. The third-order valence-corrected chi connectivity index (χ3v) is 5.35. The Morgan fingerprint density at radius 3 is 2.20 bits per heavy atom. The maximum atomic E-state index is 12.2. The molecule has 1 aromatic rings. The van der Waals surface area contributed by atoms with E-state index in [4.69, 9.17) is 19.2 Å². The van der Waals surface area contributed by atoms with Gasteiger partial charge in [0.05, 0.1) is 11.2 Å². The predicted octanol–water partition coefficient (Wildman–Crippen LogP) is 4.15. The van der Waals surface area contributed by atoms with Gasteiger partial charge in [0.15, 0.2) is 0 Å². The average Bonchev–Trinajstić information content (AvgIpc) is 2.83. The minimum Gasteiger partial charge on any atom is -0.444 e. The molecule has 2 rings (SSSR count). The number of ether oxygens (including phenoxy) is 1. The molecule has 0 bridgehead atoms. The highest BCUT2D eigenvalue weighted by Gasteiger charge is 2.52. The zero-order chi connectivity index (χ0) is 22.6. The Labute approximate surface area is 181 Å². The number of aliphatic hydroxyl groups is 1. The third-order valence-electron chi connectivity index (χ3n) is 5.35. The molecule has 0 spiro atoms. The Bertz CT molecular complexity index is 734. The van der Waals surface area contributed by atoms with E-state index in [9.17, 15) is 4.79 Å². The van der Waals surface area contributed by atoms with Gasteiger partial charge < -0.3 is 24.5 Å².